The molecule has 7 nitrogen and oxygen atoms in total. The van der Waals surface area contributed by atoms with Crippen molar-refractivity contribution in [2.24, 2.45) is 0 Å². The van der Waals surface area contributed by atoms with E-state index < -0.39 is 5.97 Å². The minimum absolute atomic E-state index is 0.0217. The highest BCUT2D eigenvalue weighted by atomic mass is 16.5. The number of aromatic nitrogens is 2. The van der Waals surface area contributed by atoms with Gasteiger partial charge in [-0.25, -0.2) is 9.97 Å². The molecule has 0 aliphatic heterocycles. The first-order chi connectivity index (χ1) is 12.6. The lowest BCUT2D eigenvalue weighted by atomic mass is 9.88. The molecule has 7 heteroatoms. The largest absolute Gasteiger partial charge is 0.454 e. The lowest BCUT2D eigenvalue weighted by molar-refractivity contribution is -0.147. The van der Waals surface area contributed by atoms with Gasteiger partial charge in [0, 0.05) is 19.4 Å². The number of carbonyl (C=O) groups is 2. The summed E-state index contributed by atoms with van der Waals surface area (Å²) in [5.41, 5.74) is 2.42. The number of nitrogens with one attached hydrogen (secondary N) is 1. The van der Waals surface area contributed by atoms with Gasteiger partial charge in [0.15, 0.2) is 6.61 Å². The van der Waals surface area contributed by atoms with Gasteiger partial charge in [0.05, 0.1) is 6.04 Å². The summed E-state index contributed by atoms with van der Waals surface area (Å²) in [5.74, 6) is -0.370. The maximum absolute atomic E-state index is 12.2. The van der Waals surface area contributed by atoms with Crippen LogP contribution in [0.1, 0.15) is 30.0 Å². The number of benzene rings is 1. The van der Waals surface area contributed by atoms with Gasteiger partial charge in [-0.3, -0.25) is 9.59 Å². The Balaban J connectivity index is 1.46. The van der Waals surface area contributed by atoms with E-state index in [0.717, 1.165) is 24.8 Å². The van der Waals surface area contributed by atoms with Gasteiger partial charge >= 0.3 is 5.97 Å². The SMILES string of the molecule is CN(CC(=O)OCC(=O)NC1CCCc2ccccc21)c1ncccn1. The van der Waals surface area contributed by atoms with Gasteiger partial charge in [0.2, 0.25) is 5.95 Å². The number of carbonyl (C=O) groups excluding carboxylic acids is 2. The molecule has 1 aromatic carbocycles. The smallest absolute Gasteiger partial charge is 0.326 e. The number of anilines is 1. The number of aryl methyl sites for hydroxylation is 1. The van der Waals surface area contributed by atoms with Crippen LogP contribution in [-0.4, -0.2) is 42.0 Å². The minimum atomic E-state index is -0.501. The van der Waals surface area contributed by atoms with Gasteiger partial charge < -0.3 is 15.0 Å². The number of fused-ring (bicyclic) bond motifs is 1. The van der Waals surface area contributed by atoms with Crippen LogP contribution in [0.3, 0.4) is 0 Å². The second kappa shape index (κ2) is 8.42. The second-order valence-corrected chi connectivity index (χ2v) is 6.28. The van der Waals surface area contributed by atoms with E-state index in [1.54, 1.807) is 30.4 Å². The maximum Gasteiger partial charge on any atom is 0.326 e. The van der Waals surface area contributed by atoms with Crippen LogP contribution in [0, 0.1) is 0 Å². The molecular formula is C19H22N4O3. The zero-order valence-electron chi connectivity index (χ0n) is 14.7. The van der Waals surface area contributed by atoms with Crippen LogP contribution in [-0.2, 0) is 20.7 Å². The highest BCUT2D eigenvalue weighted by Gasteiger charge is 2.22. The van der Waals surface area contributed by atoms with Crippen LogP contribution in [0.2, 0.25) is 0 Å². The summed E-state index contributed by atoms with van der Waals surface area (Å²) in [5, 5.41) is 2.96. The van der Waals surface area contributed by atoms with E-state index >= 15 is 0 Å². The number of amides is 1. The molecule has 0 fully saturated rings. The number of hydrogen-bond donors (Lipinski definition) is 1. The zero-order chi connectivity index (χ0) is 18.4. The number of nitrogens with zero attached hydrogens (tertiary/aromatic N) is 3. The summed E-state index contributed by atoms with van der Waals surface area (Å²) in [4.78, 5) is 33.8. The van der Waals surface area contributed by atoms with Crippen LogP contribution in [0.5, 0.6) is 0 Å². The molecular weight excluding hydrogens is 332 g/mol. The third-order valence-electron chi connectivity index (χ3n) is 4.33. The summed E-state index contributed by atoms with van der Waals surface area (Å²) >= 11 is 0. The van der Waals surface area contributed by atoms with Gasteiger partial charge in [-0.1, -0.05) is 24.3 Å². The quantitative estimate of drug-likeness (QED) is 0.794. The van der Waals surface area contributed by atoms with Gasteiger partial charge in [-0.2, -0.15) is 0 Å². The lowest BCUT2D eigenvalue weighted by Gasteiger charge is -2.26. The first-order valence-corrected chi connectivity index (χ1v) is 8.64. The Bertz CT molecular complexity index is 766. The van der Waals surface area contributed by atoms with Gasteiger partial charge in [0.1, 0.15) is 6.54 Å². The van der Waals surface area contributed by atoms with Crippen molar-refractivity contribution in [3.05, 3.63) is 53.9 Å². The molecule has 0 saturated carbocycles. The zero-order valence-corrected chi connectivity index (χ0v) is 14.7. The molecule has 1 N–H and O–H groups in total. The van der Waals surface area contributed by atoms with Gasteiger partial charge in [-0.05, 0) is 36.5 Å². The summed E-state index contributed by atoms with van der Waals surface area (Å²) in [6.45, 7) is -0.315. The highest BCUT2D eigenvalue weighted by Crippen LogP contribution is 2.29. The average molecular weight is 354 g/mol. The molecule has 1 unspecified atom stereocenters. The molecule has 1 aromatic heterocycles. The molecule has 1 amide bonds. The molecule has 26 heavy (non-hydrogen) atoms. The monoisotopic (exact) mass is 354 g/mol. The molecule has 2 aromatic rings. The number of esters is 1. The Morgan fingerprint density at radius 3 is 2.81 bits per heavy atom. The first kappa shape index (κ1) is 17.8. The van der Waals surface area contributed by atoms with E-state index in [1.165, 1.54) is 5.56 Å². The van der Waals surface area contributed by atoms with Crippen LogP contribution in [0.25, 0.3) is 0 Å². The first-order valence-electron chi connectivity index (χ1n) is 8.64. The Kier molecular flexibility index (Phi) is 5.78. The van der Waals surface area contributed by atoms with Crippen molar-refractivity contribution in [1.29, 1.82) is 0 Å². The van der Waals surface area contributed by atoms with Crippen LogP contribution in [0.15, 0.2) is 42.7 Å². The molecule has 1 aliphatic rings. The second-order valence-electron chi connectivity index (χ2n) is 6.28. The Morgan fingerprint density at radius 1 is 1.23 bits per heavy atom. The Labute approximate surface area is 152 Å². The Hall–Kier alpha value is -2.96. The van der Waals surface area contributed by atoms with Crippen molar-refractivity contribution in [3.8, 4) is 0 Å². The predicted molar refractivity (Wildman–Crippen MR) is 96.5 cm³/mol. The molecule has 1 atom stereocenters. The van der Waals surface area contributed by atoms with E-state index in [9.17, 15) is 9.59 Å². The molecule has 0 saturated heterocycles. The standard InChI is InChI=1S/C19H22N4O3/c1-23(19-20-10-5-11-21-19)12-18(25)26-13-17(24)22-16-9-4-7-14-6-2-3-8-15(14)16/h2-3,5-6,8,10-11,16H,4,7,9,12-13H2,1H3,(H,22,24). The molecule has 0 spiro atoms. The number of ether oxygens (including phenoxy) is 1. The average Bonchev–Trinajstić information content (AvgIpc) is 2.67. The predicted octanol–water partition coefficient (Wildman–Crippen LogP) is 1.65. The van der Waals surface area contributed by atoms with Crippen LogP contribution >= 0.6 is 0 Å². The topological polar surface area (TPSA) is 84.4 Å². The molecule has 136 valence electrons. The summed E-state index contributed by atoms with van der Waals surface area (Å²) in [6, 6.07) is 9.80. The van der Waals surface area contributed by atoms with E-state index in [2.05, 4.69) is 21.4 Å². The lowest BCUT2D eigenvalue weighted by Crippen LogP contribution is -2.36. The maximum atomic E-state index is 12.2. The molecule has 1 heterocycles. The van der Waals surface area contributed by atoms with Crippen molar-refractivity contribution < 1.29 is 14.3 Å². The summed E-state index contributed by atoms with van der Waals surface area (Å²) < 4.78 is 5.08. The van der Waals surface area contributed by atoms with Crippen molar-refractivity contribution in [2.45, 2.75) is 25.3 Å². The Morgan fingerprint density at radius 2 is 2.00 bits per heavy atom. The molecule has 0 bridgehead atoms. The van der Waals surface area contributed by atoms with Crippen molar-refractivity contribution >= 4 is 17.8 Å². The van der Waals surface area contributed by atoms with Gasteiger partial charge in [-0.15, -0.1) is 0 Å². The number of hydrogen-bond acceptors (Lipinski definition) is 6. The van der Waals surface area contributed by atoms with Crippen LogP contribution < -0.4 is 10.2 Å². The fraction of sp³-hybridized carbons (Fsp3) is 0.368. The number of likely N-dealkylation sites (N-methyl/N-ethyl adjacent to an activating group) is 1. The summed E-state index contributed by atoms with van der Waals surface area (Å²) in [6.07, 6.45) is 6.15. The molecule has 0 radical (unpaired) electrons. The third-order valence-corrected chi connectivity index (χ3v) is 4.33. The van der Waals surface area contributed by atoms with E-state index in [4.69, 9.17) is 4.74 Å². The van der Waals surface area contributed by atoms with Crippen molar-refractivity contribution in [1.82, 2.24) is 15.3 Å². The van der Waals surface area contributed by atoms with Crippen molar-refractivity contribution in [3.63, 3.8) is 0 Å². The molecule has 3 rings (SSSR count). The van der Waals surface area contributed by atoms with E-state index in [0.29, 0.717) is 5.95 Å². The van der Waals surface area contributed by atoms with Crippen LogP contribution in [0.4, 0.5) is 5.95 Å². The fourth-order valence-corrected chi connectivity index (χ4v) is 3.08. The normalized spacial score (nSPS) is 15.7. The number of rotatable bonds is 6. The summed E-state index contributed by atoms with van der Waals surface area (Å²) in [7, 11) is 1.69. The van der Waals surface area contributed by atoms with E-state index in [-0.39, 0.29) is 25.1 Å². The highest BCUT2D eigenvalue weighted by molar-refractivity contribution is 5.82. The minimum Gasteiger partial charge on any atom is -0.454 e. The van der Waals surface area contributed by atoms with Gasteiger partial charge in [0.25, 0.3) is 5.91 Å². The third kappa shape index (κ3) is 4.56. The van der Waals surface area contributed by atoms with E-state index in [1.807, 2.05) is 18.2 Å². The molecule has 1 aliphatic carbocycles. The fourth-order valence-electron chi connectivity index (χ4n) is 3.08. The van der Waals surface area contributed by atoms with Crippen molar-refractivity contribution in [2.75, 3.05) is 25.1 Å².